The van der Waals surface area contributed by atoms with Gasteiger partial charge in [-0.25, -0.2) is 4.79 Å². The largest absolute Gasteiger partial charge is 0.490 e. The van der Waals surface area contributed by atoms with Crippen LogP contribution in [0.3, 0.4) is 0 Å². The number of carbonyl (C=O) groups is 2. The van der Waals surface area contributed by atoms with Crippen LogP contribution in [0.5, 0.6) is 5.75 Å². The van der Waals surface area contributed by atoms with Gasteiger partial charge < -0.3 is 19.1 Å². The van der Waals surface area contributed by atoms with Gasteiger partial charge in [0.15, 0.2) is 0 Å². The number of aromatic nitrogens is 2. The summed E-state index contributed by atoms with van der Waals surface area (Å²) >= 11 is 0. The number of hydrogen-bond acceptors (Lipinski definition) is 6. The van der Waals surface area contributed by atoms with Crippen molar-refractivity contribution in [3.8, 4) is 5.75 Å². The lowest BCUT2D eigenvalue weighted by Gasteiger charge is -2.34. The van der Waals surface area contributed by atoms with Gasteiger partial charge in [0.2, 0.25) is 0 Å². The SMILES string of the molecule is O=C(c1ccc(OC2CCOCC2)cc1)N(C1CC1)C1CCc2nn(C(=O)OCc3ccccc3)cc2C1. The Kier molecular flexibility index (Phi) is 7.14. The highest BCUT2D eigenvalue weighted by Gasteiger charge is 2.39. The molecule has 2 aromatic carbocycles. The van der Waals surface area contributed by atoms with Crippen LogP contribution < -0.4 is 4.74 Å². The van der Waals surface area contributed by atoms with Gasteiger partial charge in [-0.2, -0.15) is 9.78 Å². The molecule has 3 aromatic rings. The topological polar surface area (TPSA) is 82.9 Å². The summed E-state index contributed by atoms with van der Waals surface area (Å²) in [7, 11) is 0. The molecule has 0 N–H and O–H groups in total. The molecule has 6 rings (SSSR count). The normalized spacial score (nSPS) is 19.4. The summed E-state index contributed by atoms with van der Waals surface area (Å²) in [5, 5.41) is 4.49. The van der Waals surface area contributed by atoms with E-state index in [1.54, 1.807) is 6.20 Å². The number of aryl methyl sites for hydroxylation is 1. The Morgan fingerprint density at radius 3 is 2.45 bits per heavy atom. The number of nitrogens with zero attached hydrogens (tertiary/aromatic N) is 3. The molecule has 1 unspecified atom stereocenters. The highest BCUT2D eigenvalue weighted by atomic mass is 16.6. The average Bonchev–Trinajstić information content (AvgIpc) is 3.70. The van der Waals surface area contributed by atoms with Crippen molar-refractivity contribution in [3.63, 3.8) is 0 Å². The summed E-state index contributed by atoms with van der Waals surface area (Å²) < 4.78 is 18.2. The Bertz CT molecular complexity index is 1260. The summed E-state index contributed by atoms with van der Waals surface area (Å²) in [4.78, 5) is 28.3. The number of carbonyl (C=O) groups excluding carboxylic acids is 2. The third-order valence-corrected chi connectivity index (χ3v) is 7.58. The molecule has 2 fully saturated rings. The Labute approximate surface area is 222 Å². The van der Waals surface area contributed by atoms with Gasteiger partial charge in [-0.15, -0.1) is 0 Å². The number of hydrogen-bond donors (Lipinski definition) is 0. The Hall–Kier alpha value is -3.65. The van der Waals surface area contributed by atoms with E-state index in [9.17, 15) is 9.59 Å². The van der Waals surface area contributed by atoms with Crippen molar-refractivity contribution in [2.24, 2.45) is 0 Å². The van der Waals surface area contributed by atoms with E-state index in [-0.39, 0.29) is 30.7 Å². The molecule has 8 heteroatoms. The van der Waals surface area contributed by atoms with Crippen molar-refractivity contribution in [1.82, 2.24) is 14.7 Å². The maximum atomic E-state index is 13.6. The van der Waals surface area contributed by atoms with Gasteiger partial charge in [0.25, 0.3) is 5.91 Å². The molecule has 0 spiro atoms. The Morgan fingerprint density at radius 1 is 0.947 bits per heavy atom. The van der Waals surface area contributed by atoms with E-state index in [2.05, 4.69) is 10.00 Å². The zero-order valence-electron chi connectivity index (χ0n) is 21.5. The van der Waals surface area contributed by atoms with Gasteiger partial charge in [0.1, 0.15) is 18.5 Å². The molecule has 1 aliphatic heterocycles. The van der Waals surface area contributed by atoms with E-state index in [0.717, 1.165) is 74.3 Å². The van der Waals surface area contributed by atoms with Crippen LogP contribution in [0.4, 0.5) is 4.79 Å². The highest BCUT2D eigenvalue weighted by Crippen LogP contribution is 2.35. The molecular formula is C30H33N3O5. The monoisotopic (exact) mass is 515 g/mol. The molecule has 38 heavy (non-hydrogen) atoms. The molecule has 0 radical (unpaired) electrons. The van der Waals surface area contributed by atoms with Crippen molar-refractivity contribution < 1.29 is 23.8 Å². The quantitative estimate of drug-likeness (QED) is 0.450. The minimum atomic E-state index is -0.488. The number of ether oxygens (including phenoxy) is 3. The van der Waals surface area contributed by atoms with E-state index in [0.29, 0.717) is 12.0 Å². The summed E-state index contributed by atoms with van der Waals surface area (Å²) in [6, 6.07) is 17.5. The third kappa shape index (κ3) is 5.60. The second-order valence-corrected chi connectivity index (χ2v) is 10.4. The molecule has 3 aliphatic rings. The van der Waals surface area contributed by atoms with Crippen LogP contribution in [0.25, 0.3) is 0 Å². The molecule has 1 saturated carbocycles. The van der Waals surface area contributed by atoms with E-state index in [1.165, 1.54) is 4.68 Å². The number of amides is 1. The van der Waals surface area contributed by atoms with E-state index in [4.69, 9.17) is 14.2 Å². The second-order valence-electron chi connectivity index (χ2n) is 10.4. The second kappa shape index (κ2) is 11.0. The van der Waals surface area contributed by atoms with Crippen LogP contribution in [-0.2, 0) is 28.9 Å². The molecule has 198 valence electrons. The molecule has 1 amide bonds. The van der Waals surface area contributed by atoms with Crippen molar-refractivity contribution in [2.45, 2.75) is 69.7 Å². The number of benzene rings is 2. The summed E-state index contributed by atoms with van der Waals surface area (Å²) in [5.74, 6) is 0.855. The molecule has 0 bridgehead atoms. The van der Waals surface area contributed by atoms with Crippen molar-refractivity contribution >= 4 is 12.0 Å². The van der Waals surface area contributed by atoms with Gasteiger partial charge in [-0.1, -0.05) is 30.3 Å². The van der Waals surface area contributed by atoms with Gasteiger partial charge in [0.05, 0.1) is 18.9 Å². The first-order chi connectivity index (χ1) is 18.6. The first-order valence-corrected chi connectivity index (χ1v) is 13.6. The van der Waals surface area contributed by atoms with Crippen LogP contribution in [0.15, 0.2) is 60.8 Å². The van der Waals surface area contributed by atoms with Crippen molar-refractivity contribution in [1.29, 1.82) is 0 Å². The molecule has 1 aromatic heterocycles. The van der Waals surface area contributed by atoms with Gasteiger partial charge >= 0.3 is 6.09 Å². The summed E-state index contributed by atoms with van der Waals surface area (Å²) in [5.41, 5.74) is 3.54. The maximum Gasteiger partial charge on any atom is 0.435 e. The number of rotatable bonds is 7. The van der Waals surface area contributed by atoms with Crippen LogP contribution in [0, 0.1) is 0 Å². The molecule has 8 nitrogen and oxygen atoms in total. The molecule has 1 saturated heterocycles. The summed E-state index contributed by atoms with van der Waals surface area (Å²) in [6.45, 7) is 1.67. The van der Waals surface area contributed by atoms with Crippen LogP contribution >= 0.6 is 0 Å². The maximum absolute atomic E-state index is 13.6. The fraction of sp³-hybridized carbons (Fsp3) is 0.433. The fourth-order valence-electron chi connectivity index (χ4n) is 5.40. The van der Waals surface area contributed by atoms with Gasteiger partial charge in [0, 0.05) is 36.7 Å². The van der Waals surface area contributed by atoms with Gasteiger partial charge in [-0.3, -0.25) is 4.79 Å². The molecule has 2 aliphatic carbocycles. The van der Waals surface area contributed by atoms with E-state index in [1.807, 2.05) is 54.6 Å². The first kappa shape index (κ1) is 24.7. The smallest absolute Gasteiger partial charge is 0.435 e. The van der Waals surface area contributed by atoms with E-state index < -0.39 is 6.09 Å². The first-order valence-electron chi connectivity index (χ1n) is 13.6. The zero-order chi connectivity index (χ0) is 25.9. The van der Waals surface area contributed by atoms with Crippen molar-refractivity contribution in [3.05, 3.63) is 83.2 Å². The Balaban J connectivity index is 1.10. The Morgan fingerprint density at radius 2 is 1.71 bits per heavy atom. The van der Waals surface area contributed by atoms with Crippen LogP contribution in [-0.4, -0.2) is 58.1 Å². The number of fused-ring (bicyclic) bond motifs is 1. The summed E-state index contributed by atoms with van der Waals surface area (Å²) in [6.07, 6.45) is 7.54. The third-order valence-electron chi connectivity index (χ3n) is 7.58. The van der Waals surface area contributed by atoms with Gasteiger partial charge in [-0.05, 0) is 67.5 Å². The lowest BCUT2D eigenvalue weighted by Crippen LogP contribution is -2.44. The lowest BCUT2D eigenvalue weighted by atomic mass is 9.91. The lowest BCUT2D eigenvalue weighted by molar-refractivity contribution is 0.0255. The van der Waals surface area contributed by atoms with Crippen LogP contribution in [0.1, 0.15) is 59.3 Å². The highest BCUT2D eigenvalue weighted by molar-refractivity contribution is 5.95. The predicted molar refractivity (Wildman–Crippen MR) is 140 cm³/mol. The van der Waals surface area contributed by atoms with Crippen LogP contribution in [0.2, 0.25) is 0 Å². The average molecular weight is 516 g/mol. The standard InChI is InChI=1S/C30H33N3O5/c34-29(22-6-11-26(12-7-22)38-27-14-16-36-17-15-27)33(24-8-9-24)25-10-13-28-23(18-25)19-32(31-28)30(35)37-20-21-4-2-1-3-5-21/h1-7,11-12,19,24-25,27H,8-10,13-18,20H2. The van der Waals surface area contributed by atoms with Crippen molar-refractivity contribution in [2.75, 3.05) is 13.2 Å². The minimum Gasteiger partial charge on any atom is -0.490 e. The molecule has 1 atom stereocenters. The molecule has 2 heterocycles. The predicted octanol–water partition coefficient (Wildman–Crippen LogP) is 4.79. The fourth-order valence-corrected chi connectivity index (χ4v) is 5.40. The minimum absolute atomic E-state index is 0.0632. The zero-order valence-corrected chi connectivity index (χ0v) is 21.5. The molecular weight excluding hydrogens is 482 g/mol. The van der Waals surface area contributed by atoms with E-state index >= 15 is 0 Å².